The number of esters is 2. The molecule has 0 radical (unpaired) electrons. The second-order valence-corrected chi connectivity index (χ2v) is 10.7. The lowest BCUT2D eigenvalue weighted by atomic mass is 9.86. The van der Waals surface area contributed by atoms with E-state index in [4.69, 9.17) is 28.4 Å². The summed E-state index contributed by atoms with van der Waals surface area (Å²) in [7, 11) is 3.05. The van der Waals surface area contributed by atoms with E-state index in [1.165, 1.54) is 26.3 Å². The molecule has 1 aromatic carbocycles. The summed E-state index contributed by atoms with van der Waals surface area (Å²) >= 11 is 0. The number of carbonyl (C=O) groups excluding carboxylic acids is 3. The summed E-state index contributed by atoms with van der Waals surface area (Å²) in [5, 5.41) is 2.77. The summed E-state index contributed by atoms with van der Waals surface area (Å²) in [6, 6.07) is 8.59. The van der Waals surface area contributed by atoms with Gasteiger partial charge in [0, 0.05) is 25.8 Å². The predicted molar refractivity (Wildman–Crippen MR) is 151 cm³/mol. The Morgan fingerprint density at radius 3 is 2.48 bits per heavy atom. The van der Waals surface area contributed by atoms with Crippen molar-refractivity contribution < 1.29 is 42.8 Å². The zero-order valence-electron chi connectivity index (χ0n) is 24.6. The van der Waals surface area contributed by atoms with E-state index < -0.39 is 36.8 Å². The highest BCUT2D eigenvalue weighted by Gasteiger charge is 2.36. The summed E-state index contributed by atoms with van der Waals surface area (Å²) in [4.78, 5) is 42.0. The van der Waals surface area contributed by atoms with Crippen molar-refractivity contribution >= 4 is 17.8 Å². The number of carbonyl (C=O) groups is 3. The minimum atomic E-state index is -0.905. The first kappa shape index (κ1) is 31.1. The van der Waals surface area contributed by atoms with Gasteiger partial charge in [-0.15, -0.1) is 0 Å². The molecule has 1 aliphatic carbocycles. The minimum Gasteiger partial charge on any atom is -0.497 e. The van der Waals surface area contributed by atoms with Crippen molar-refractivity contribution in [3.8, 4) is 17.2 Å². The lowest BCUT2D eigenvalue weighted by Crippen LogP contribution is -2.45. The Bertz CT molecular complexity index is 1220. The molecular weight excluding hydrogens is 544 g/mol. The maximum Gasteiger partial charge on any atom is 0.329 e. The minimum absolute atomic E-state index is 0.00310. The van der Waals surface area contributed by atoms with Crippen LogP contribution in [0.15, 0.2) is 36.5 Å². The highest BCUT2D eigenvalue weighted by atomic mass is 16.7. The molecule has 2 aliphatic rings. The van der Waals surface area contributed by atoms with Crippen molar-refractivity contribution in [2.45, 2.75) is 70.6 Å². The Labute approximate surface area is 246 Å². The topological polar surface area (TPSA) is 132 Å². The molecule has 11 heteroatoms. The third-order valence-corrected chi connectivity index (χ3v) is 7.53. The fourth-order valence-electron chi connectivity index (χ4n) is 5.09. The fourth-order valence-corrected chi connectivity index (χ4v) is 5.09. The largest absolute Gasteiger partial charge is 0.497 e. The van der Waals surface area contributed by atoms with Crippen LogP contribution in [-0.4, -0.2) is 68.7 Å². The predicted octanol–water partition coefficient (Wildman–Crippen LogP) is 3.87. The SMILES string of the molecule is COc1ccc(C[C@H]2CCC[C@H](NC(=O)c3nccc(OC)c3OCOC(C)=O)C(=O)O[C@@H](C)[C@@H]2OCC2CC2)cc1. The molecule has 1 saturated heterocycles. The highest BCUT2D eigenvalue weighted by molar-refractivity contribution is 5.98. The number of nitrogens with one attached hydrogen (secondary N) is 1. The van der Waals surface area contributed by atoms with E-state index in [0.717, 1.165) is 37.0 Å². The molecule has 0 spiro atoms. The van der Waals surface area contributed by atoms with Crippen molar-refractivity contribution in [3.63, 3.8) is 0 Å². The molecular formula is C31H40N2O9. The molecule has 1 saturated carbocycles. The van der Waals surface area contributed by atoms with Crippen LogP contribution in [0.3, 0.4) is 0 Å². The average molecular weight is 585 g/mol. The number of nitrogens with zero attached hydrogens (tertiary/aromatic N) is 1. The van der Waals surface area contributed by atoms with Crippen LogP contribution in [0.5, 0.6) is 17.2 Å². The van der Waals surface area contributed by atoms with E-state index in [1.54, 1.807) is 7.11 Å². The van der Waals surface area contributed by atoms with E-state index in [2.05, 4.69) is 10.3 Å². The van der Waals surface area contributed by atoms with E-state index >= 15 is 0 Å². The van der Waals surface area contributed by atoms with Gasteiger partial charge in [-0.05, 0) is 68.6 Å². The third kappa shape index (κ3) is 8.58. The standard InChI is InChI=1S/C31H40N2O9/c1-19-28(39-17-22-8-9-22)23(16-21-10-12-24(37-3)13-11-21)6-5-7-25(31(36)42-19)33-30(35)27-29(41-18-40-20(2)34)26(38-4)14-15-32-27/h10-15,19,22-23,25,28H,5-9,16-18H2,1-4H3,(H,33,35)/t19-,23+,25-,28-/m0/s1. The number of amides is 1. The van der Waals surface area contributed by atoms with Gasteiger partial charge in [-0.3, -0.25) is 9.59 Å². The molecule has 42 heavy (non-hydrogen) atoms. The maximum absolute atomic E-state index is 13.4. The number of cyclic esters (lactones) is 1. The van der Waals surface area contributed by atoms with Gasteiger partial charge in [0.05, 0.1) is 20.3 Å². The van der Waals surface area contributed by atoms with Crippen LogP contribution >= 0.6 is 0 Å². The summed E-state index contributed by atoms with van der Waals surface area (Å²) in [6.45, 7) is 3.30. The molecule has 11 nitrogen and oxygen atoms in total. The van der Waals surface area contributed by atoms with E-state index in [9.17, 15) is 14.4 Å². The van der Waals surface area contributed by atoms with Crippen molar-refractivity contribution in [1.29, 1.82) is 0 Å². The summed E-state index contributed by atoms with van der Waals surface area (Å²) < 4.78 is 33.3. The van der Waals surface area contributed by atoms with Gasteiger partial charge in [-0.25, -0.2) is 9.78 Å². The van der Waals surface area contributed by atoms with Gasteiger partial charge in [0.1, 0.15) is 17.9 Å². The normalized spacial score (nSPS) is 22.5. The molecule has 0 bridgehead atoms. The first-order valence-electron chi connectivity index (χ1n) is 14.3. The Morgan fingerprint density at radius 1 is 1.05 bits per heavy atom. The second kappa shape index (κ2) is 14.9. The van der Waals surface area contributed by atoms with Crippen LogP contribution < -0.4 is 19.5 Å². The fraction of sp³-hybridized carbons (Fsp3) is 0.548. The van der Waals surface area contributed by atoms with Gasteiger partial charge in [-0.2, -0.15) is 0 Å². The van der Waals surface area contributed by atoms with Crippen LogP contribution in [0.25, 0.3) is 0 Å². The average Bonchev–Trinajstić information content (AvgIpc) is 3.80. The van der Waals surface area contributed by atoms with Gasteiger partial charge in [0.15, 0.2) is 17.2 Å². The number of pyridine rings is 1. The number of hydrogen-bond acceptors (Lipinski definition) is 10. The van der Waals surface area contributed by atoms with Crippen LogP contribution in [-0.2, 0) is 30.2 Å². The number of hydrogen-bond donors (Lipinski definition) is 1. The number of aromatic nitrogens is 1. The van der Waals surface area contributed by atoms with Crippen LogP contribution in [0.1, 0.15) is 62.0 Å². The molecule has 2 heterocycles. The molecule has 1 aromatic heterocycles. The van der Waals surface area contributed by atoms with Crippen molar-refractivity contribution in [2.75, 3.05) is 27.6 Å². The number of ether oxygens (including phenoxy) is 6. The molecule has 0 unspecified atom stereocenters. The number of rotatable bonds is 12. The zero-order chi connectivity index (χ0) is 30.1. The molecule has 1 aliphatic heterocycles. The van der Waals surface area contributed by atoms with Crippen molar-refractivity contribution in [3.05, 3.63) is 47.8 Å². The van der Waals surface area contributed by atoms with Crippen LogP contribution in [0, 0.1) is 11.8 Å². The van der Waals surface area contributed by atoms with Crippen molar-refractivity contribution in [1.82, 2.24) is 10.3 Å². The van der Waals surface area contributed by atoms with E-state index in [0.29, 0.717) is 25.4 Å². The lowest BCUT2D eigenvalue weighted by molar-refractivity contribution is -0.161. The zero-order valence-corrected chi connectivity index (χ0v) is 24.6. The summed E-state index contributed by atoms with van der Waals surface area (Å²) in [6.07, 6.45) is 5.48. The molecule has 4 atom stereocenters. The van der Waals surface area contributed by atoms with Gasteiger partial charge >= 0.3 is 11.9 Å². The van der Waals surface area contributed by atoms with Crippen molar-refractivity contribution in [2.24, 2.45) is 11.8 Å². The smallest absolute Gasteiger partial charge is 0.329 e. The summed E-state index contributed by atoms with van der Waals surface area (Å²) in [5.74, 6) is -0.0422. The lowest BCUT2D eigenvalue weighted by Gasteiger charge is -2.31. The van der Waals surface area contributed by atoms with E-state index in [-0.39, 0.29) is 29.2 Å². The molecule has 1 N–H and O–H groups in total. The Hall–Kier alpha value is -3.86. The number of methoxy groups -OCH3 is 2. The Morgan fingerprint density at radius 2 is 1.81 bits per heavy atom. The third-order valence-electron chi connectivity index (χ3n) is 7.53. The van der Waals surface area contributed by atoms with E-state index in [1.807, 2.05) is 31.2 Å². The molecule has 228 valence electrons. The van der Waals surface area contributed by atoms with Gasteiger partial charge in [-0.1, -0.05) is 18.6 Å². The van der Waals surface area contributed by atoms with Gasteiger partial charge in [0.25, 0.3) is 5.91 Å². The Balaban J connectivity index is 1.49. The van der Waals surface area contributed by atoms with Crippen LogP contribution in [0.4, 0.5) is 0 Å². The quantitative estimate of drug-likeness (QED) is 0.290. The molecule has 2 fully saturated rings. The first-order valence-corrected chi connectivity index (χ1v) is 14.3. The number of benzene rings is 1. The first-order chi connectivity index (χ1) is 20.3. The Kier molecular flexibility index (Phi) is 11.0. The molecule has 2 aromatic rings. The van der Waals surface area contributed by atoms with Crippen LogP contribution in [0.2, 0.25) is 0 Å². The van der Waals surface area contributed by atoms with Gasteiger partial charge in [0.2, 0.25) is 6.79 Å². The van der Waals surface area contributed by atoms with Gasteiger partial charge < -0.3 is 33.7 Å². The maximum atomic E-state index is 13.4. The monoisotopic (exact) mass is 584 g/mol. The molecule has 4 rings (SSSR count). The second-order valence-electron chi connectivity index (χ2n) is 10.7. The summed E-state index contributed by atoms with van der Waals surface area (Å²) in [5.41, 5.74) is 1.04. The molecule has 1 amide bonds. The highest BCUT2D eigenvalue weighted by Crippen LogP contribution is 2.33.